The van der Waals surface area contributed by atoms with Gasteiger partial charge < -0.3 is 9.32 Å². The zero-order valence-corrected chi connectivity index (χ0v) is 14.7. The number of nitrogens with zero attached hydrogens (tertiary/aromatic N) is 1. The molecule has 2 heteroatoms. The van der Waals surface area contributed by atoms with Crippen LogP contribution >= 0.6 is 0 Å². The molecule has 2 heterocycles. The lowest BCUT2D eigenvalue weighted by molar-refractivity contribution is 0.330. The van der Waals surface area contributed by atoms with Crippen LogP contribution in [0, 0.1) is 0 Å². The third-order valence-electron chi connectivity index (χ3n) is 5.60. The third-order valence-corrected chi connectivity index (χ3v) is 5.60. The van der Waals surface area contributed by atoms with Gasteiger partial charge in [-0.05, 0) is 87.8 Å². The second-order valence-electron chi connectivity index (χ2n) is 7.41. The van der Waals surface area contributed by atoms with Crippen molar-refractivity contribution in [2.75, 3.05) is 19.6 Å². The molecule has 4 rings (SSSR count). The quantitative estimate of drug-likeness (QED) is 0.690. The topological polar surface area (TPSA) is 16.4 Å². The summed E-state index contributed by atoms with van der Waals surface area (Å²) in [4.78, 5) is 2.59. The number of likely N-dealkylation sites (tertiary alicyclic amines) is 1. The van der Waals surface area contributed by atoms with E-state index in [0.29, 0.717) is 0 Å². The molecular weight excluding hydrogens is 294 g/mol. The Hall–Kier alpha value is -1.54. The van der Waals surface area contributed by atoms with E-state index in [1.54, 1.807) is 0 Å². The minimum atomic E-state index is 1.06. The average Bonchev–Trinajstić information content (AvgIpc) is 3.17. The fourth-order valence-electron chi connectivity index (χ4n) is 4.26. The third kappa shape index (κ3) is 3.59. The van der Waals surface area contributed by atoms with Crippen LogP contribution in [0.5, 0.6) is 0 Å². The minimum Gasteiger partial charge on any atom is -0.461 e. The number of hydrogen-bond acceptors (Lipinski definition) is 2. The van der Waals surface area contributed by atoms with E-state index < -0.39 is 0 Å². The van der Waals surface area contributed by atoms with E-state index in [4.69, 9.17) is 4.42 Å². The number of hydrogen-bond donors (Lipinski definition) is 0. The Balaban J connectivity index is 1.49. The summed E-state index contributed by atoms with van der Waals surface area (Å²) in [6.07, 6.45) is 14.0. The second kappa shape index (κ2) is 7.57. The number of fused-ring (bicyclic) bond motifs is 1. The molecule has 1 saturated heterocycles. The molecule has 0 saturated carbocycles. The summed E-state index contributed by atoms with van der Waals surface area (Å²) in [6, 6.07) is 8.87. The van der Waals surface area contributed by atoms with Gasteiger partial charge in [-0.3, -0.25) is 0 Å². The summed E-state index contributed by atoms with van der Waals surface area (Å²) in [6.45, 7) is 3.80. The van der Waals surface area contributed by atoms with Crippen molar-refractivity contribution in [3.05, 3.63) is 41.7 Å². The van der Waals surface area contributed by atoms with E-state index >= 15 is 0 Å². The van der Waals surface area contributed by atoms with Crippen molar-refractivity contribution in [2.45, 2.75) is 57.8 Å². The second-order valence-corrected chi connectivity index (χ2v) is 7.41. The van der Waals surface area contributed by atoms with E-state index in [9.17, 15) is 0 Å². The van der Waals surface area contributed by atoms with Gasteiger partial charge in [0.1, 0.15) is 11.3 Å². The molecule has 128 valence electrons. The number of aryl methyl sites for hydroxylation is 1. The molecule has 0 atom stereocenters. The number of benzene rings is 1. The summed E-state index contributed by atoms with van der Waals surface area (Å²) in [5, 5.41) is 1.32. The molecule has 2 aromatic rings. The summed E-state index contributed by atoms with van der Waals surface area (Å²) in [5.74, 6) is 1.16. The fraction of sp³-hybridized carbons (Fsp3) is 0.545. The highest BCUT2D eigenvalue weighted by Crippen LogP contribution is 2.33. The van der Waals surface area contributed by atoms with Gasteiger partial charge in [0, 0.05) is 11.8 Å². The van der Waals surface area contributed by atoms with Crippen molar-refractivity contribution in [1.29, 1.82) is 0 Å². The van der Waals surface area contributed by atoms with Gasteiger partial charge >= 0.3 is 0 Å². The Morgan fingerprint density at radius 3 is 2.83 bits per heavy atom. The molecule has 1 fully saturated rings. The molecule has 0 N–H and O–H groups in total. The molecule has 1 aliphatic heterocycles. The number of furan rings is 1. The van der Waals surface area contributed by atoms with Crippen molar-refractivity contribution >= 4 is 16.5 Å². The SMILES string of the molecule is C1=C(c2cccc3oc(CCCN4CCCC4)cc23)CCCCC1. The molecule has 1 aliphatic carbocycles. The fourth-order valence-corrected chi connectivity index (χ4v) is 4.26. The van der Waals surface area contributed by atoms with E-state index in [-0.39, 0.29) is 0 Å². The number of rotatable bonds is 5. The molecule has 0 spiro atoms. The van der Waals surface area contributed by atoms with Crippen LogP contribution in [0.1, 0.15) is 62.7 Å². The van der Waals surface area contributed by atoms with E-state index in [1.165, 1.54) is 87.5 Å². The number of allylic oxidation sites excluding steroid dienone is 2. The van der Waals surface area contributed by atoms with Crippen molar-refractivity contribution in [3.8, 4) is 0 Å². The van der Waals surface area contributed by atoms with Gasteiger partial charge in [-0.2, -0.15) is 0 Å². The van der Waals surface area contributed by atoms with Gasteiger partial charge in [0.25, 0.3) is 0 Å². The normalized spacial score (nSPS) is 19.6. The first-order valence-electron chi connectivity index (χ1n) is 9.83. The summed E-state index contributed by atoms with van der Waals surface area (Å²) < 4.78 is 6.15. The molecule has 2 aliphatic rings. The zero-order valence-electron chi connectivity index (χ0n) is 14.7. The van der Waals surface area contributed by atoms with Crippen LogP contribution in [-0.2, 0) is 6.42 Å². The maximum absolute atomic E-state index is 6.15. The zero-order chi connectivity index (χ0) is 16.2. The largest absolute Gasteiger partial charge is 0.461 e. The lowest BCUT2D eigenvalue weighted by Crippen LogP contribution is -2.20. The van der Waals surface area contributed by atoms with Gasteiger partial charge in [-0.25, -0.2) is 0 Å². The lowest BCUT2D eigenvalue weighted by Gasteiger charge is -2.13. The van der Waals surface area contributed by atoms with Crippen LogP contribution in [-0.4, -0.2) is 24.5 Å². The Morgan fingerprint density at radius 2 is 1.92 bits per heavy atom. The van der Waals surface area contributed by atoms with Gasteiger partial charge in [0.15, 0.2) is 0 Å². The van der Waals surface area contributed by atoms with Crippen LogP contribution in [0.3, 0.4) is 0 Å². The average molecular weight is 323 g/mol. The van der Waals surface area contributed by atoms with E-state index in [2.05, 4.69) is 35.2 Å². The molecular formula is C22H29NO. The molecule has 0 unspecified atom stereocenters. The summed E-state index contributed by atoms with van der Waals surface area (Å²) in [5.41, 5.74) is 4.00. The standard InChI is InChI=1S/C22H29NO/c1-2-4-10-18(9-3-1)20-12-7-13-22-21(20)17-19(24-22)11-8-16-23-14-5-6-15-23/h7,9,12-13,17H,1-6,8,10-11,14-16H2. The van der Waals surface area contributed by atoms with Crippen LogP contribution in [0.25, 0.3) is 16.5 Å². The van der Waals surface area contributed by atoms with Crippen LogP contribution in [0.4, 0.5) is 0 Å². The smallest absolute Gasteiger partial charge is 0.134 e. The highest BCUT2D eigenvalue weighted by molar-refractivity contribution is 5.91. The molecule has 1 aromatic carbocycles. The predicted octanol–water partition coefficient (Wildman–Crippen LogP) is 5.81. The predicted molar refractivity (Wildman–Crippen MR) is 101 cm³/mol. The highest BCUT2D eigenvalue weighted by Gasteiger charge is 2.14. The van der Waals surface area contributed by atoms with Crippen molar-refractivity contribution < 1.29 is 4.42 Å². The molecule has 0 bridgehead atoms. The Labute approximate surface area is 145 Å². The van der Waals surface area contributed by atoms with E-state index in [1.807, 2.05) is 0 Å². The lowest BCUT2D eigenvalue weighted by atomic mass is 9.98. The molecule has 1 aromatic heterocycles. The van der Waals surface area contributed by atoms with E-state index in [0.717, 1.165) is 17.8 Å². The Kier molecular flexibility index (Phi) is 5.03. The first-order chi connectivity index (χ1) is 11.9. The van der Waals surface area contributed by atoms with Gasteiger partial charge in [-0.1, -0.05) is 24.6 Å². The van der Waals surface area contributed by atoms with Crippen molar-refractivity contribution in [1.82, 2.24) is 4.90 Å². The highest BCUT2D eigenvalue weighted by atomic mass is 16.3. The monoisotopic (exact) mass is 323 g/mol. The van der Waals surface area contributed by atoms with Crippen LogP contribution in [0.15, 0.2) is 34.8 Å². The van der Waals surface area contributed by atoms with Crippen LogP contribution < -0.4 is 0 Å². The molecule has 2 nitrogen and oxygen atoms in total. The Bertz CT molecular complexity index is 706. The maximum Gasteiger partial charge on any atom is 0.134 e. The molecule has 24 heavy (non-hydrogen) atoms. The molecule has 0 radical (unpaired) electrons. The summed E-state index contributed by atoms with van der Waals surface area (Å²) in [7, 11) is 0. The first-order valence-corrected chi connectivity index (χ1v) is 9.83. The van der Waals surface area contributed by atoms with Crippen molar-refractivity contribution in [3.63, 3.8) is 0 Å². The van der Waals surface area contributed by atoms with Crippen molar-refractivity contribution in [2.24, 2.45) is 0 Å². The Morgan fingerprint density at radius 1 is 1.00 bits per heavy atom. The maximum atomic E-state index is 6.15. The molecule has 0 amide bonds. The first kappa shape index (κ1) is 16.0. The van der Waals surface area contributed by atoms with Gasteiger partial charge in [0.2, 0.25) is 0 Å². The van der Waals surface area contributed by atoms with Gasteiger partial charge in [0.05, 0.1) is 0 Å². The van der Waals surface area contributed by atoms with Crippen LogP contribution in [0.2, 0.25) is 0 Å². The van der Waals surface area contributed by atoms with Gasteiger partial charge in [-0.15, -0.1) is 0 Å². The summed E-state index contributed by atoms with van der Waals surface area (Å²) >= 11 is 0. The minimum absolute atomic E-state index is 1.06.